The van der Waals surface area contributed by atoms with Crippen LogP contribution in [0.25, 0.3) is 6.08 Å². The lowest BCUT2D eigenvalue weighted by atomic mass is 9.83. The molecule has 2 aliphatic rings. The van der Waals surface area contributed by atoms with Gasteiger partial charge in [0.2, 0.25) is 0 Å². The van der Waals surface area contributed by atoms with Crippen molar-refractivity contribution in [3.8, 4) is 0 Å². The Bertz CT molecular complexity index is 717. The van der Waals surface area contributed by atoms with E-state index in [0.717, 1.165) is 30.7 Å². The maximum Gasteiger partial charge on any atom is 0.126 e. The van der Waals surface area contributed by atoms with Crippen LogP contribution < -0.4 is 0 Å². The molecule has 2 saturated heterocycles. The Morgan fingerprint density at radius 3 is 2.67 bits per heavy atom. The number of nitrogens with zero attached hydrogens (tertiary/aromatic N) is 3. The average molecular weight is 366 g/mol. The lowest BCUT2D eigenvalue weighted by molar-refractivity contribution is 0.142. The summed E-state index contributed by atoms with van der Waals surface area (Å²) in [7, 11) is 0. The van der Waals surface area contributed by atoms with Gasteiger partial charge >= 0.3 is 0 Å². The number of likely N-dealkylation sites (tertiary alicyclic amines) is 2. The van der Waals surface area contributed by atoms with E-state index in [-0.39, 0.29) is 0 Å². The van der Waals surface area contributed by atoms with Crippen LogP contribution in [-0.2, 0) is 6.54 Å². The van der Waals surface area contributed by atoms with Crippen molar-refractivity contribution in [2.24, 2.45) is 11.8 Å². The second-order valence-corrected chi connectivity index (χ2v) is 8.26. The van der Waals surface area contributed by atoms with E-state index in [1.165, 1.54) is 56.6 Å². The van der Waals surface area contributed by atoms with Gasteiger partial charge in [-0.3, -0.25) is 14.8 Å². The molecule has 1 atom stereocenters. The molecule has 0 bridgehead atoms. The fraction of sp³-hybridized carbons (Fsp3) is 0.522. The molecular weight excluding hydrogens is 334 g/mol. The van der Waals surface area contributed by atoms with Gasteiger partial charge in [-0.2, -0.15) is 0 Å². The zero-order valence-corrected chi connectivity index (χ0v) is 16.4. The van der Waals surface area contributed by atoms with Crippen molar-refractivity contribution in [2.75, 3.05) is 32.7 Å². The minimum atomic E-state index is 0.877. The molecule has 4 nitrogen and oxygen atoms in total. The van der Waals surface area contributed by atoms with E-state index >= 15 is 0 Å². The molecule has 4 heterocycles. The van der Waals surface area contributed by atoms with Crippen molar-refractivity contribution < 1.29 is 4.42 Å². The Morgan fingerprint density at radius 2 is 1.93 bits per heavy atom. The van der Waals surface area contributed by atoms with Crippen molar-refractivity contribution in [3.63, 3.8) is 0 Å². The topological polar surface area (TPSA) is 32.5 Å². The number of furan rings is 1. The Morgan fingerprint density at radius 1 is 1.11 bits per heavy atom. The zero-order chi connectivity index (χ0) is 18.5. The van der Waals surface area contributed by atoms with Gasteiger partial charge < -0.3 is 4.42 Å². The molecule has 4 heteroatoms. The molecule has 0 saturated carbocycles. The van der Waals surface area contributed by atoms with Crippen molar-refractivity contribution in [3.05, 3.63) is 59.8 Å². The second-order valence-electron chi connectivity index (χ2n) is 8.26. The van der Waals surface area contributed by atoms with Crippen molar-refractivity contribution in [1.29, 1.82) is 0 Å². The molecule has 0 amide bonds. The predicted molar refractivity (Wildman–Crippen MR) is 109 cm³/mol. The summed E-state index contributed by atoms with van der Waals surface area (Å²) < 4.78 is 5.43. The number of hydrogen-bond acceptors (Lipinski definition) is 4. The minimum Gasteiger partial charge on any atom is -0.465 e. The van der Waals surface area contributed by atoms with Gasteiger partial charge in [0.15, 0.2) is 0 Å². The fourth-order valence-electron chi connectivity index (χ4n) is 4.74. The smallest absolute Gasteiger partial charge is 0.126 e. The summed E-state index contributed by atoms with van der Waals surface area (Å²) in [6, 6.07) is 8.20. The average Bonchev–Trinajstić information content (AvgIpc) is 3.35. The highest BCUT2D eigenvalue weighted by atomic mass is 16.3. The summed E-state index contributed by atoms with van der Waals surface area (Å²) in [5, 5.41) is 0. The quantitative estimate of drug-likeness (QED) is 0.763. The SMILES string of the molecule is CC(=Cc1ccco1)CN1CCC(C2CCN(Cc3cccnc3)CC2)C1. The Kier molecular flexibility index (Phi) is 6.05. The van der Waals surface area contributed by atoms with E-state index in [9.17, 15) is 0 Å². The third-order valence-corrected chi connectivity index (χ3v) is 6.14. The van der Waals surface area contributed by atoms with Gasteiger partial charge in [-0.1, -0.05) is 11.6 Å². The lowest BCUT2D eigenvalue weighted by Crippen LogP contribution is -2.36. The lowest BCUT2D eigenvalue weighted by Gasteiger charge is -2.35. The summed E-state index contributed by atoms with van der Waals surface area (Å²) in [6.45, 7) is 9.29. The molecule has 27 heavy (non-hydrogen) atoms. The highest BCUT2D eigenvalue weighted by Gasteiger charge is 2.31. The molecule has 0 N–H and O–H groups in total. The minimum absolute atomic E-state index is 0.877. The van der Waals surface area contributed by atoms with Crippen LogP contribution in [0.1, 0.15) is 37.5 Å². The summed E-state index contributed by atoms with van der Waals surface area (Å²) in [5.74, 6) is 2.74. The van der Waals surface area contributed by atoms with Gasteiger partial charge in [0.25, 0.3) is 0 Å². The van der Waals surface area contributed by atoms with Gasteiger partial charge in [0, 0.05) is 32.0 Å². The first kappa shape index (κ1) is 18.5. The molecule has 1 unspecified atom stereocenters. The van der Waals surface area contributed by atoms with Crippen LogP contribution in [0, 0.1) is 11.8 Å². The van der Waals surface area contributed by atoms with Crippen molar-refractivity contribution in [2.45, 2.75) is 32.7 Å². The summed E-state index contributed by atoms with van der Waals surface area (Å²) in [6.07, 6.45) is 11.8. The number of aromatic nitrogens is 1. The molecule has 2 aliphatic heterocycles. The summed E-state index contributed by atoms with van der Waals surface area (Å²) >= 11 is 0. The van der Waals surface area contributed by atoms with E-state index in [1.807, 2.05) is 30.6 Å². The van der Waals surface area contributed by atoms with Crippen LogP contribution in [-0.4, -0.2) is 47.5 Å². The van der Waals surface area contributed by atoms with E-state index < -0.39 is 0 Å². The Labute approximate surface area is 162 Å². The van der Waals surface area contributed by atoms with Crippen LogP contribution in [0.15, 0.2) is 52.9 Å². The third-order valence-electron chi connectivity index (χ3n) is 6.14. The van der Waals surface area contributed by atoms with Gasteiger partial charge in [0.1, 0.15) is 5.76 Å². The standard InChI is InChI=1S/C23H31N3O/c1-19(14-23-5-3-13-27-23)16-26-12-8-22(18-26)21-6-10-25(11-7-21)17-20-4-2-9-24-15-20/h2-5,9,13-15,21-22H,6-8,10-12,16-18H2,1H3. The fourth-order valence-corrected chi connectivity index (χ4v) is 4.74. The normalized spacial score (nSPS) is 23.1. The molecular formula is C23H31N3O. The second kappa shape index (κ2) is 8.85. The molecule has 2 fully saturated rings. The summed E-state index contributed by atoms with van der Waals surface area (Å²) in [4.78, 5) is 9.46. The van der Waals surface area contributed by atoms with Crippen LogP contribution >= 0.6 is 0 Å². The van der Waals surface area contributed by atoms with Crippen molar-refractivity contribution >= 4 is 6.08 Å². The van der Waals surface area contributed by atoms with Gasteiger partial charge in [-0.05, 0) is 87.5 Å². The molecule has 0 aromatic carbocycles. The Hall–Kier alpha value is -1.91. The van der Waals surface area contributed by atoms with Crippen LogP contribution in [0.2, 0.25) is 0 Å². The number of rotatable bonds is 6. The van der Waals surface area contributed by atoms with E-state index in [0.29, 0.717) is 0 Å². The van der Waals surface area contributed by atoms with Crippen LogP contribution in [0.4, 0.5) is 0 Å². The summed E-state index contributed by atoms with van der Waals surface area (Å²) in [5.41, 5.74) is 2.72. The molecule has 0 radical (unpaired) electrons. The predicted octanol–water partition coefficient (Wildman–Crippen LogP) is 4.31. The van der Waals surface area contributed by atoms with E-state index in [1.54, 1.807) is 6.26 Å². The first-order chi connectivity index (χ1) is 13.3. The monoisotopic (exact) mass is 365 g/mol. The highest BCUT2D eigenvalue weighted by Crippen LogP contribution is 2.32. The van der Waals surface area contributed by atoms with Crippen LogP contribution in [0.5, 0.6) is 0 Å². The molecule has 2 aromatic heterocycles. The third kappa shape index (κ3) is 5.08. The Balaban J connectivity index is 1.22. The number of hydrogen-bond donors (Lipinski definition) is 0. The van der Waals surface area contributed by atoms with E-state index in [2.05, 4.69) is 33.8 Å². The van der Waals surface area contributed by atoms with E-state index in [4.69, 9.17) is 4.42 Å². The van der Waals surface area contributed by atoms with Gasteiger partial charge in [-0.25, -0.2) is 0 Å². The maximum atomic E-state index is 5.43. The number of pyridine rings is 1. The zero-order valence-electron chi connectivity index (χ0n) is 16.4. The van der Waals surface area contributed by atoms with Gasteiger partial charge in [-0.15, -0.1) is 0 Å². The molecule has 4 rings (SSSR count). The molecule has 0 aliphatic carbocycles. The highest BCUT2D eigenvalue weighted by molar-refractivity contribution is 5.46. The van der Waals surface area contributed by atoms with Gasteiger partial charge in [0.05, 0.1) is 6.26 Å². The first-order valence-electron chi connectivity index (χ1n) is 10.3. The number of piperidine rings is 1. The van der Waals surface area contributed by atoms with Crippen LogP contribution in [0.3, 0.4) is 0 Å². The van der Waals surface area contributed by atoms with Crippen molar-refractivity contribution in [1.82, 2.24) is 14.8 Å². The maximum absolute atomic E-state index is 5.43. The largest absolute Gasteiger partial charge is 0.465 e. The molecule has 144 valence electrons. The first-order valence-corrected chi connectivity index (χ1v) is 10.3. The molecule has 2 aromatic rings. The molecule has 0 spiro atoms.